The first-order valence-corrected chi connectivity index (χ1v) is 4.31. The summed E-state index contributed by atoms with van der Waals surface area (Å²) in [7, 11) is 0. The molecule has 74 valence electrons. The van der Waals surface area contributed by atoms with Crippen LogP contribution >= 0.6 is 0 Å². The zero-order chi connectivity index (χ0) is 10.3. The van der Waals surface area contributed by atoms with Crippen molar-refractivity contribution < 1.29 is 9.86 Å². The Bertz CT molecular complexity index is 256. The van der Waals surface area contributed by atoms with Crippen molar-refractivity contribution >= 4 is 6.41 Å². The molecular formula is C9H16N2O2. The Morgan fingerprint density at radius 3 is 2.31 bits per heavy atom. The van der Waals surface area contributed by atoms with Crippen LogP contribution in [0.5, 0.6) is 0 Å². The van der Waals surface area contributed by atoms with Crippen molar-refractivity contribution in [1.29, 1.82) is 0 Å². The maximum absolute atomic E-state index is 11.8. The van der Waals surface area contributed by atoms with Crippen LogP contribution in [0.15, 0.2) is 11.8 Å². The van der Waals surface area contributed by atoms with Gasteiger partial charge >= 0.3 is 0 Å². The summed E-state index contributed by atoms with van der Waals surface area (Å²) in [5.74, 6) is 0. The molecule has 1 aliphatic rings. The highest BCUT2D eigenvalue weighted by Gasteiger charge is 2.45. The quantitative estimate of drug-likeness (QED) is 0.452. The van der Waals surface area contributed by atoms with E-state index in [2.05, 4.69) is 5.32 Å². The summed E-state index contributed by atoms with van der Waals surface area (Å²) in [4.78, 5) is 10.3. The molecule has 0 saturated carbocycles. The third-order valence-electron chi connectivity index (χ3n) is 2.55. The first-order valence-electron chi connectivity index (χ1n) is 4.31. The van der Waals surface area contributed by atoms with Gasteiger partial charge in [0.2, 0.25) is 6.41 Å². The predicted molar refractivity (Wildman–Crippen MR) is 49.8 cm³/mol. The Hall–Kier alpha value is -0.870. The fourth-order valence-corrected chi connectivity index (χ4v) is 1.82. The summed E-state index contributed by atoms with van der Waals surface area (Å²) in [6, 6.07) is 0. The lowest BCUT2D eigenvalue weighted by Crippen LogP contribution is -3.20. The monoisotopic (exact) mass is 184 g/mol. The van der Waals surface area contributed by atoms with Gasteiger partial charge in [0.25, 0.3) is 0 Å². The van der Waals surface area contributed by atoms with Crippen molar-refractivity contribution in [3.63, 3.8) is 0 Å². The Kier molecular flexibility index (Phi) is 2.21. The second-order valence-corrected chi connectivity index (χ2v) is 4.50. The summed E-state index contributed by atoms with van der Waals surface area (Å²) in [5.41, 5.74) is -0.322. The van der Waals surface area contributed by atoms with E-state index in [0.717, 1.165) is 0 Å². The van der Waals surface area contributed by atoms with Gasteiger partial charge in [-0.1, -0.05) is 0 Å². The van der Waals surface area contributed by atoms with Gasteiger partial charge in [-0.3, -0.25) is 4.79 Å². The van der Waals surface area contributed by atoms with E-state index in [1.807, 2.05) is 33.8 Å². The molecule has 0 bridgehead atoms. The SMILES string of the molecule is CC1(C)C=C(NC=O)C(C)(C)[NH+]1[O-]. The Morgan fingerprint density at radius 1 is 1.46 bits per heavy atom. The van der Waals surface area contributed by atoms with Gasteiger partial charge in [0, 0.05) is 6.08 Å². The molecule has 1 amide bonds. The molecule has 2 N–H and O–H groups in total. The van der Waals surface area contributed by atoms with E-state index >= 15 is 0 Å². The second kappa shape index (κ2) is 2.82. The molecule has 0 aromatic carbocycles. The Morgan fingerprint density at radius 2 is 2.00 bits per heavy atom. The normalized spacial score (nSPS) is 29.6. The minimum atomic E-state index is -0.565. The number of rotatable bonds is 2. The van der Waals surface area contributed by atoms with Gasteiger partial charge in [-0.25, -0.2) is 0 Å². The molecule has 1 heterocycles. The molecule has 1 unspecified atom stereocenters. The van der Waals surface area contributed by atoms with Gasteiger partial charge in [-0.2, -0.15) is 0 Å². The minimum absolute atomic E-state index is 0.143. The minimum Gasteiger partial charge on any atom is -0.633 e. The smallest absolute Gasteiger partial charge is 0.211 e. The Labute approximate surface area is 78.2 Å². The van der Waals surface area contributed by atoms with E-state index in [4.69, 9.17) is 0 Å². The molecule has 0 aromatic rings. The highest BCUT2D eigenvalue weighted by molar-refractivity contribution is 5.52. The van der Waals surface area contributed by atoms with Crippen LogP contribution in [0.4, 0.5) is 0 Å². The van der Waals surface area contributed by atoms with Gasteiger partial charge < -0.3 is 15.6 Å². The van der Waals surface area contributed by atoms with Crippen molar-refractivity contribution in [2.24, 2.45) is 0 Å². The fraction of sp³-hybridized carbons (Fsp3) is 0.667. The standard InChI is InChI=1S/C9H16N2O2/c1-8(2)5-7(10-6-12)9(3,4)11(8)13/h5-6,11H,1-4H3,(H,10,12). The molecule has 0 fully saturated rings. The van der Waals surface area contributed by atoms with Crippen LogP contribution in [0.1, 0.15) is 27.7 Å². The molecule has 0 aromatic heterocycles. The predicted octanol–water partition coefficient (Wildman–Crippen LogP) is -0.430. The summed E-state index contributed by atoms with van der Waals surface area (Å²) in [5, 5.41) is 14.5. The molecule has 1 atom stereocenters. The van der Waals surface area contributed by atoms with Crippen molar-refractivity contribution in [3.05, 3.63) is 17.0 Å². The number of carbonyl (C=O) groups excluding carboxylic acids is 1. The molecule has 0 aliphatic carbocycles. The molecule has 4 nitrogen and oxygen atoms in total. The number of carbonyl (C=O) groups is 1. The van der Waals surface area contributed by atoms with Crippen LogP contribution in [0.25, 0.3) is 0 Å². The zero-order valence-electron chi connectivity index (χ0n) is 8.47. The van der Waals surface area contributed by atoms with E-state index in [1.165, 1.54) is 0 Å². The lowest BCUT2D eigenvalue weighted by Gasteiger charge is -2.41. The van der Waals surface area contributed by atoms with Gasteiger partial charge in [0.1, 0.15) is 11.1 Å². The largest absolute Gasteiger partial charge is 0.633 e. The molecule has 1 rings (SSSR count). The second-order valence-electron chi connectivity index (χ2n) is 4.50. The van der Waals surface area contributed by atoms with Crippen LogP contribution in [-0.2, 0) is 4.79 Å². The molecule has 4 heteroatoms. The summed E-state index contributed by atoms with van der Waals surface area (Å²) >= 11 is 0. The van der Waals surface area contributed by atoms with E-state index in [0.29, 0.717) is 12.1 Å². The van der Waals surface area contributed by atoms with Crippen LogP contribution in [0, 0.1) is 5.21 Å². The topological polar surface area (TPSA) is 56.6 Å². The van der Waals surface area contributed by atoms with Crippen LogP contribution in [0.3, 0.4) is 0 Å². The molecule has 0 saturated heterocycles. The average Bonchev–Trinajstić information content (AvgIpc) is 2.14. The third kappa shape index (κ3) is 1.47. The highest BCUT2D eigenvalue weighted by Crippen LogP contribution is 2.21. The van der Waals surface area contributed by atoms with Crippen molar-refractivity contribution in [3.8, 4) is 0 Å². The maximum atomic E-state index is 11.8. The number of hydrogen-bond donors (Lipinski definition) is 2. The third-order valence-corrected chi connectivity index (χ3v) is 2.55. The zero-order valence-corrected chi connectivity index (χ0v) is 8.47. The molecule has 13 heavy (non-hydrogen) atoms. The van der Waals surface area contributed by atoms with Crippen molar-refractivity contribution in [2.75, 3.05) is 0 Å². The molecule has 1 aliphatic heterocycles. The summed E-state index contributed by atoms with van der Waals surface area (Å²) < 4.78 is 0. The lowest BCUT2D eigenvalue weighted by atomic mass is 10.0. The average molecular weight is 184 g/mol. The first kappa shape index (κ1) is 10.2. The molecule has 0 radical (unpaired) electrons. The number of nitrogens with one attached hydrogen (secondary N) is 2. The number of quaternary nitrogens is 1. The summed E-state index contributed by atoms with van der Waals surface area (Å²) in [6.45, 7) is 7.37. The Balaban J connectivity index is 3.01. The molecule has 0 spiro atoms. The molecular weight excluding hydrogens is 168 g/mol. The summed E-state index contributed by atoms with van der Waals surface area (Å²) in [6.07, 6.45) is 2.44. The van der Waals surface area contributed by atoms with E-state index in [-0.39, 0.29) is 5.06 Å². The van der Waals surface area contributed by atoms with Crippen LogP contribution in [-0.4, -0.2) is 17.5 Å². The maximum Gasteiger partial charge on any atom is 0.211 e. The fourth-order valence-electron chi connectivity index (χ4n) is 1.82. The van der Waals surface area contributed by atoms with Gasteiger partial charge in [-0.15, -0.1) is 0 Å². The number of hydroxylamine groups is 2. The van der Waals surface area contributed by atoms with Crippen molar-refractivity contribution in [2.45, 2.75) is 38.8 Å². The van der Waals surface area contributed by atoms with E-state index in [9.17, 15) is 10.0 Å². The van der Waals surface area contributed by atoms with Crippen molar-refractivity contribution in [1.82, 2.24) is 5.32 Å². The van der Waals surface area contributed by atoms with Gasteiger partial charge in [0.15, 0.2) is 0 Å². The number of hydrogen-bond acceptors (Lipinski definition) is 2. The van der Waals surface area contributed by atoms with E-state index in [1.54, 1.807) is 0 Å². The van der Waals surface area contributed by atoms with Gasteiger partial charge in [0.05, 0.1) is 5.70 Å². The van der Waals surface area contributed by atoms with Crippen LogP contribution in [0.2, 0.25) is 0 Å². The lowest BCUT2D eigenvalue weighted by molar-refractivity contribution is -0.927. The van der Waals surface area contributed by atoms with Crippen LogP contribution < -0.4 is 10.4 Å². The first-order chi connectivity index (χ1) is 5.82. The number of amides is 1. The highest BCUT2D eigenvalue weighted by atomic mass is 16.5. The van der Waals surface area contributed by atoms with E-state index < -0.39 is 11.1 Å². The van der Waals surface area contributed by atoms with Gasteiger partial charge in [-0.05, 0) is 27.7 Å².